The fraction of sp³-hybridized carbons (Fsp3) is 0.458. The van der Waals surface area contributed by atoms with E-state index in [0.717, 1.165) is 43.7 Å². The Labute approximate surface area is 182 Å². The number of fused-ring (bicyclic) bond motifs is 1. The van der Waals surface area contributed by atoms with Crippen LogP contribution in [0.5, 0.6) is 17.2 Å². The predicted octanol–water partition coefficient (Wildman–Crippen LogP) is 3.72. The highest BCUT2D eigenvalue weighted by molar-refractivity contribution is 5.99. The lowest BCUT2D eigenvalue weighted by molar-refractivity contribution is 0.0695. The average molecular weight is 429 g/mol. The van der Waals surface area contributed by atoms with Gasteiger partial charge in [-0.2, -0.15) is 0 Å². The van der Waals surface area contributed by atoms with E-state index in [1.807, 2.05) is 31.3 Å². The molecule has 0 bridgehead atoms. The van der Waals surface area contributed by atoms with Crippen LogP contribution in [0.25, 0.3) is 0 Å². The van der Waals surface area contributed by atoms with E-state index < -0.39 is 11.6 Å². The first-order valence-electron chi connectivity index (χ1n) is 10.9. The quantitative estimate of drug-likeness (QED) is 0.627. The van der Waals surface area contributed by atoms with Gasteiger partial charge in [0.1, 0.15) is 18.1 Å². The van der Waals surface area contributed by atoms with Gasteiger partial charge in [0.05, 0.1) is 11.7 Å². The second kappa shape index (κ2) is 9.56. The third-order valence-electron chi connectivity index (χ3n) is 6.07. The van der Waals surface area contributed by atoms with Crippen molar-refractivity contribution in [2.24, 2.45) is 5.92 Å². The first kappa shape index (κ1) is 21.4. The Kier molecular flexibility index (Phi) is 6.61. The molecule has 166 valence electrons. The molecule has 31 heavy (non-hydrogen) atoms. The summed E-state index contributed by atoms with van der Waals surface area (Å²) in [5.74, 6) is 0.378. The lowest BCUT2D eigenvalue weighted by atomic mass is 9.87. The monoisotopic (exact) mass is 428 g/mol. The number of carbonyl (C=O) groups is 1. The number of nitrogens with zero attached hydrogens (tertiary/aromatic N) is 1. The van der Waals surface area contributed by atoms with Crippen molar-refractivity contribution >= 4 is 5.91 Å². The molecule has 0 radical (unpaired) electrons. The molecule has 6 nitrogen and oxygen atoms in total. The summed E-state index contributed by atoms with van der Waals surface area (Å²) in [6.45, 7) is 2.40. The average Bonchev–Trinajstić information content (AvgIpc) is 3.08. The minimum Gasteiger partial charge on any atom is -0.505 e. The molecule has 7 heteroatoms. The minimum absolute atomic E-state index is 0.0221. The van der Waals surface area contributed by atoms with Crippen molar-refractivity contribution in [2.75, 3.05) is 26.7 Å². The molecule has 2 aromatic carbocycles. The molecule has 2 aromatic rings. The number of benzene rings is 2. The van der Waals surface area contributed by atoms with Crippen LogP contribution in [-0.2, 0) is 6.54 Å². The Bertz CT molecular complexity index is 928. The van der Waals surface area contributed by atoms with Crippen LogP contribution in [0, 0.1) is 11.7 Å². The van der Waals surface area contributed by atoms with Crippen LogP contribution in [0.1, 0.15) is 41.6 Å². The zero-order chi connectivity index (χ0) is 21.8. The van der Waals surface area contributed by atoms with Gasteiger partial charge in [-0.1, -0.05) is 12.1 Å². The van der Waals surface area contributed by atoms with Crippen molar-refractivity contribution in [3.63, 3.8) is 0 Å². The molecular formula is C24H29FN2O4. The van der Waals surface area contributed by atoms with Crippen LogP contribution in [0.4, 0.5) is 4.39 Å². The molecular weight excluding hydrogens is 399 g/mol. The fourth-order valence-electron chi connectivity index (χ4n) is 4.40. The minimum atomic E-state index is -0.806. The maximum atomic E-state index is 14.2. The van der Waals surface area contributed by atoms with Gasteiger partial charge in [-0.25, -0.2) is 4.39 Å². The Morgan fingerprint density at radius 1 is 1.16 bits per heavy atom. The molecule has 4 rings (SSSR count). The van der Waals surface area contributed by atoms with E-state index in [2.05, 4.69) is 5.32 Å². The third kappa shape index (κ3) is 4.93. The molecule has 1 heterocycles. The number of carbonyl (C=O) groups excluding carboxylic acids is 1. The highest BCUT2D eigenvalue weighted by Crippen LogP contribution is 2.34. The number of aromatic hydroxyl groups is 1. The van der Waals surface area contributed by atoms with Gasteiger partial charge in [0.2, 0.25) is 0 Å². The summed E-state index contributed by atoms with van der Waals surface area (Å²) in [5, 5.41) is 12.6. The van der Waals surface area contributed by atoms with E-state index >= 15 is 0 Å². The molecule has 2 aliphatic rings. The van der Waals surface area contributed by atoms with Crippen molar-refractivity contribution in [1.82, 2.24) is 10.2 Å². The number of rotatable bonds is 8. The van der Waals surface area contributed by atoms with Crippen molar-refractivity contribution < 1.29 is 23.8 Å². The number of phenolic OH excluding ortho intramolecular Hbond substituents is 1. The molecule has 0 unspecified atom stereocenters. The fourth-order valence-corrected chi connectivity index (χ4v) is 4.40. The van der Waals surface area contributed by atoms with Crippen LogP contribution in [0.3, 0.4) is 0 Å². The van der Waals surface area contributed by atoms with Crippen molar-refractivity contribution in [2.45, 2.75) is 38.3 Å². The van der Waals surface area contributed by atoms with Crippen molar-refractivity contribution in [1.29, 1.82) is 0 Å². The van der Waals surface area contributed by atoms with Gasteiger partial charge >= 0.3 is 0 Å². The molecule has 1 aliphatic heterocycles. The lowest BCUT2D eigenvalue weighted by Crippen LogP contribution is -2.34. The number of halogens is 1. The SMILES string of the molecule is CNCCOc1cccc(OC2CCC(CN3Cc4ccc(O)c(F)c4C3=O)CC2)c1. The number of phenols is 1. The van der Waals surface area contributed by atoms with E-state index in [9.17, 15) is 14.3 Å². The normalized spacial score (nSPS) is 20.6. The van der Waals surface area contributed by atoms with Crippen LogP contribution in [0.15, 0.2) is 36.4 Å². The number of likely N-dealkylation sites (N-methyl/N-ethyl adjacent to an activating group) is 1. The van der Waals surface area contributed by atoms with Crippen LogP contribution in [0.2, 0.25) is 0 Å². The second-order valence-corrected chi connectivity index (χ2v) is 8.31. The predicted molar refractivity (Wildman–Crippen MR) is 115 cm³/mol. The molecule has 0 spiro atoms. The number of amides is 1. The topological polar surface area (TPSA) is 71.0 Å². The zero-order valence-corrected chi connectivity index (χ0v) is 17.8. The molecule has 1 fully saturated rings. The molecule has 1 amide bonds. The van der Waals surface area contributed by atoms with Crippen molar-refractivity contribution in [3.05, 3.63) is 53.3 Å². The maximum absolute atomic E-state index is 14.2. The van der Waals surface area contributed by atoms with E-state index in [0.29, 0.717) is 31.2 Å². The largest absolute Gasteiger partial charge is 0.505 e. The Morgan fingerprint density at radius 3 is 2.71 bits per heavy atom. The molecule has 0 saturated heterocycles. The second-order valence-electron chi connectivity index (χ2n) is 8.31. The van der Waals surface area contributed by atoms with Gasteiger partial charge in [0, 0.05) is 25.7 Å². The highest BCUT2D eigenvalue weighted by Gasteiger charge is 2.34. The summed E-state index contributed by atoms with van der Waals surface area (Å²) >= 11 is 0. The lowest BCUT2D eigenvalue weighted by Gasteiger charge is -2.31. The van der Waals surface area contributed by atoms with Gasteiger partial charge in [-0.05, 0) is 62.4 Å². The molecule has 0 aromatic heterocycles. The number of hydrogen-bond donors (Lipinski definition) is 2. The van der Waals surface area contributed by atoms with E-state index in [4.69, 9.17) is 9.47 Å². The number of ether oxygens (including phenoxy) is 2. The molecule has 1 saturated carbocycles. The summed E-state index contributed by atoms with van der Waals surface area (Å²) in [5.41, 5.74) is 0.669. The molecule has 0 atom stereocenters. The van der Waals surface area contributed by atoms with Crippen molar-refractivity contribution in [3.8, 4) is 17.2 Å². The van der Waals surface area contributed by atoms with Gasteiger partial charge in [0.15, 0.2) is 11.6 Å². The number of nitrogens with one attached hydrogen (secondary N) is 1. The first-order chi connectivity index (χ1) is 15.0. The summed E-state index contributed by atoms with van der Waals surface area (Å²) < 4.78 is 26.0. The van der Waals surface area contributed by atoms with E-state index in [-0.39, 0.29) is 17.6 Å². The number of hydrogen-bond acceptors (Lipinski definition) is 5. The van der Waals surface area contributed by atoms with Crippen LogP contribution < -0.4 is 14.8 Å². The molecule has 2 N–H and O–H groups in total. The first-order valence-corrected chi connectivity index (χ1v) is 10.9. The standard InChI is InChI=1S/C24H29FN2O4/c1-26-11-12-30-19-3-2-4-20(13-19)31-18-8-5-16(6-9-18)14-27-15-17-7-10-21(28)23(25)22(17)24(27)29/h2-4,7,10,13,16,18,26,28H,5-6,8-9,11-12,14-15H2,1H3. The maximum Gasteiger partial charge on any atom is 0.257 e. The Hall–Kier alpha value is -2.80. The van der Waals surface area contributed by atoms with Gasteiger partial charge in [0.25, 0.3) is 5.91 Å². The van der Waals surface area contributed by atoms with E-state index in [1.54, 1.807) is 11.0 Å². The Balaban J connectivity index is 1.27. The smallest absolute Gasteiger partial charge is 0.257 e. The molecule has 1 aliphatic carbocycles. The Morgan fingerprint density at radius 2 is 1.94 bits per heavy atom. The van der Waals surface area contributed by atoms with Gasteiger partial charge in [-0.15, -0.1) is 0 Å². The van der Waals surface area contributed by atoms with Gasteiger partial charge in [-0.3, -0.25) is 4.79 Å². The summed E-state index contributed by atoms with van der Waals surface area (Å²) in [7, 11) is 1.89. The highest BCUT2D eigenvalue weighted by atomic mass is 19.1. The summed E-state index contributed by atoms with van der Waals surface area (Å²) in [4.78, 5) is 14.3. The summed E-state index contributed by atoms with van der Waals surface area (Å²) in [6, 6.07) is 10.7. The van der Waals surface area contributed by atoms with Crippen LogP contribution >= 0.6 is 0 Å². The van der Waals surface area contributed by atoms with Gasteiger partial charge < -0.3 is 24.8 Å². The summed E-state index contributed by atoms with van der Waals surface area (Å²) in [6.07, 6.45) is 3.89. The third-order valence-corrected chi connectivity index (χ3v) is 6.07. The zero-order valence-electron chi connectivity index (χ0n) is 17.8. The van der Waals surface area contributed by atoms with Crippen LogP contribution in [-0.4, -0.2) is 48.8 Å². The van der Waals surface area contributed by atoms with E-state index in [1.165, 1.54) is 6.07 Å².